The number of benzene rings is 2. The zero-order valence-corrected chi connectivity index (χ0v) is 16.2. The van der Waals surface area contributed by atoms with Crippen LogP contribution in [0, 0.1) is 0 Å². The summed E-state index contributed by atoms with van der Waals surface area (Å²) < 4.78 is 5.74. The van der Waals surface area contributed by atoms with Gasteiger partial charge in [-0.2, -0.15) is 0 Å². The van der Waals surface area contributed by atoms with Gasteiger partial charge in [0.2, 0.25) is 0 Å². The number of urea groups is 1. The normalized spacial score (nSPS) is 15.4. The molecule has 0 bridgehead atoms. The van der Waals surface area contributed by atoms with Crippen LogP contribution in [-0.2, 0) is 11.4 Å². The Morgan fingerprint density at radius 1 is 1.11 bits per heavy atom. The van der Waals surface area contributed by atoms with Crippen molar-refractivity contribution >= 4 is 41.2 Å². The smallest absolute Gasteiger partial charge is 0.329 e. The summed E-state index contributed by atoms with van der Waals surface area (Å²) in [5.41, 5.74) is 1.78. The Labute approximate surface area is 167 Å². The van der Waals surface area contributed by atoms with E-state index in [-0.39, 0.29) is 11.6 Å². The molecule has 140 valence electrons. The van der Waals surface area contributed by atoms with E-state index < -0.39 is 6.03 Å². The van der Waals surface area contributed by atoms with E-state index in [1.807, 2.05) is 37.3 Å². The van der Waals surface area contributed by atoms with Crippen molar-refractivity contribution in [1.82, 2.24) is 10.2 Å². The highest BCUT2D eigenvalue weighted by molar-refractivity contribution is 6.37. The van der Waals surface area contributed by atoms with Gasteiger partial charge >= 0.3 is 6.03 Å². The maximum atomic E-state index is 12.3. The fourth-order valence-electron chi connectivity index (χ4n) is 2.70. The lowest BCUT2D eigenvalue weighted by atomic mass is 10.1. The Kier molecular flexibility index (Phi) is 6.04. The number of nitrogens with zero attached hydrogens (tertiary/aromatic N) is 1. The molecule has 1 saturated heterocycles. The summed E-state index contributed by atoms with van der Waals surface area (Å²) in [7, 11) is 0. The predicted molar refractivity (Wildman–Crippen MR) is 106 cm³/mol. The molecular formula is C20H18Cl2N2O3. The van der Waals surface area contributed by atoms with E-state index in [9.17, 15) is 9.59 Å². The van der Waals surface area contributed by atoms with Gasteiger partial charge in [-0.1, -0.05) is 60.5 Å². The molecular weight excluding hydrogens is 387 g/mol. The van der Waals surface area contributed by atoms with Crippen LogP contribution in [0.2, 0.25) is 10.0 Å². The van der Waals surface area contributed by atoms with Gasteiger partial charge in [0.05, 0.1) is 10.0 Å². The van der Waals surface area contributed by atoms with Crippen LogP contribution in [0.4, 0.5) is 4.79 Å². The van der Waals surface area contributed by atoms with Crippen molar-refractivity contribution in [2.45, 2.75) is 20.0 Å². The molecule has 0 spiro atoms. The molecule has 0 radical (unpaired) electrons. The summed E-state index contributed by atoms with van der Waals surface area (Å²) in [4.78, 5) is 25.3. The highest BCUT2D eigenvalue weighted by Crippen LogP contribution is 2.35. The van der Waals surface area contributed by atoms with Crippen LogP contribution in [0.5, 0.6) is 5.75 Å². The molecule has 3 rings (SSSR count). The number of ether oxygens (including phenoxy) is 1. The third-order valence-electron chi connectivity index (χ3n) is 3.97. The van der Waals surface area contributed by atoms with Crippen molar-refractivity contribution < 1.29 is 14.3 Å². The molecule has 7 heteroatoms. The number of rotatable bonds is 6. The maximum Gasteiger partial charge on any atom is 0.329 e. The van der Waals surface area contributed by atoms with Crippen molar-refractivity contribution in [1.29, 1.82) is 0 Å². The average molecular weight is 405 g/mol. The van der Waals surface area contributed by atoms with Crippen LogP contribution < -0.4 is 10.1 Å². The monoisotopic (exact) mass is 404 g/mol. The number of imide groups is 1. The Morgan fingerprint density at radius 3 is 2.41 bits per heavy atom. The van der Waals surface area contributed by atoms with E-state index in [0.29, 0.717) is 40.9 Å². The van der Waals surface area contributed by atoms with E-state index in [1.54, 1.807) is 18.2 Å². The zero-order valence-electron chi connectivity index (χ0n) is 14.7. The second-order valence-corrected chi connectivity index (χ2v) is 6.85. The number of amides is 3. The molecule has 1 heterocycles. The number of nitrogens with one attached hydrogen (secondary N) is 1. The zero-order chi connectivity index (χ0) is 19.4. The quantitative estimate of drug-likeness (QED) is 0.551. The lowest BCUT2D eigenvalue weighted by Crippen LogP contribution is -2.31. The third-order valence-corrected chi connectivity index (χ3v) is 4.53. The Bertz CT molecular complexity index is 874. The topological polar surface area (TPSA) is 58.6 Å². The number of carbonyl (C=O) groups is 2. The van der Waals surface area contributed by atoms with Gasteiger partial charge in [-0.25, -0.2) is 4.79 Å². The fourth-order valence-corrected chi connectivity index (χ4v) is 3.31. The lowest BCUT2D eigenvalue weighted by molar-refractivity contribution is -0.122. The van der Waals surface area contributed by atoms with Gasteiger partial charge in [-0.3, -0.25) is 9.69 Å². The van der Waals surface area contributed by atoms with E-state index in [1.165, 1.54) is 4.90 Å². The maximum absolute atomic E-state index is 12.3. The first-order chi connectivity index (χ1) is 13.0. The number of halogens is 2. The van der Waals surface area contributed by atoms with Crippen molar-refractivity contribution in [3.05, 3.63) is 69.3 Å². The Morgan fingerprint density at radius 2 is 1.78 bits per heavy atom. The molecule has 1 fully saturated rings. The van der Waals surface area contributed by atoms with Crippen LogP contribution in [0.3, 0.4) is 0 Å². The Balaban J connectivity index is 1.78. The second kappa shape index (κ2) is 8.46. The molecule has 27 heavy (non-hydrogen) atoms. The van der Waals surface area contributed by atoms with Gasteiger partial charge in [0.15, 0.2) is 5.75 Å². The lowest BCUT2D eigenvalue weighted by Gasteiger charge is -2.11. The third kappa shape index (κ3) is 4.43. The summed E-state index contributed by atoms with van der Waals surface area (Å²) in [6.45, 7) is 2.60. The molecule has 0 aromatic heterocycles. The highest BCUT2D eigenvalue weighted by atomic mass is 35.5. The number of hydrogen-bond acceptors (Lipinski definition) is 3. The summed E-state index contributed by atoms with van der Waals surface area (Å²) in [6.07, 6.45) is 2.24. The average Bonchev–Trinajstić information content (AvgIpc) is 2.90. The first-order valence-corrected chi connectivity index (χ1v) is 9.25. The van der Waals surface area contributed by atoms with Gasteiger partial charge in [0.25, 0.3) is 5.91 Å². The molecule has 1 N–H and O–H groups in total. The van der Waals surface area contributed by atoms with Crippen LogP contribution in [0.25, 0.3) is 6.08 Å². The van der Waals surface area contributed by atoms with Crippen LogP contribution in [0.15, 0.2) is 48.2 Å². The minimum absolute atomic E-state index is 0.193. The summed E-state index contributed by atoms with van der Waals surface area (Å²) >= 11 is 12.6. The molecule has 3 amide bonds. The van der Waals surface area contributed by atoms with E-state index >= 15 is 0 Å². The molecule has 0 aliphatic carbocycles. The van der Waals surface area contributed by atoms with Gasteiger partial charge in [-0.15, -0.1) is 0 Å². The minimum Gasteiger partial charge on any atom is -0.486 e. The summed E-state index contributed by atoms with van der Waals surface area (Å²) in [5, 5.41) is 3.22. The fraction of sp³-hybridized carbons (Fsp3) is 0.200. The molecule has 1 aliphatic rings. The number of carbonyl (C=O) groups excluding carboxylic acids is 2. The number of hydrogen-bond donors (Lipinski definition) is 1. The molecule has 2 aromatic rings. The summed E-state index contributed by atoms with van der Waals surface area (Å²) in [5.74, 6) is 0.0113. The molecule has 2 aromatic carbocycles. The van der Waals surface area contributed by atoms with Gasteiger partial charge in [0, 0.05) is 6.54 Å². The first kappa shape index (κ1) is 19.3. The van der Waals surface area contributed by atoms with Gasteiger partial charge in [-0.05, 0) is 35.8 Å². The van der Waals surface area contributed by atoms with Crippen LogP contribution in [-0.4, -0.2) is 23.4 Å². The van der Waals surface area contributed by atoms with Crippen molar-refractivity contribution in [3.63, 3.8) is 0 Å². The van der Waals surface area contributed by atoms with Crippen molar-refractivity contribution in [2.24, 2.45) is 0 Å². The van der Waals surface area contributed by atoms with Gasteiger partial charge in [0.1, 0.15) is 12.3 Å². The summed E-state index contributed by atoms with van der Waals surface area (Å²) in [6, 6.07) is 12.5. The van der Waals surface area contributed by atoms with E-state index in [0.717, 1.165) is 5.56 Å². The van der Waals surface area contributed by atoms with Gasteiger partial charge < -0.3 is 10.1 Å². The molecule has 0 saturated carbocycles. The second-order valence-electron chi connectivity index (χ2n) is 6.03. The highest BCUT2D eigenvalue weighted by Gasteiger charge is 2.32. The van der Waals surface area contributed by atoms with Crippen molar-refractivity contribution in [2.75, 3.05) is 6.54 Å². The van der Waals surface area contributed by atoms with E-state index in [2.05, 4.69) is 5.32 Å². The van der Waals surface area contributed by atoms with Crippen LogP contribution in [0.1, 0.15) is 24.5 Å². The Hall–Kier alpha value is -2.50. The molecule has 0 unspecified atom stereocenters. The SMILES string of the molecule is CCCN1C(=O)N/C(=C/c2cc(Cl)c(OCc3ccccc3)c(Cl)c2)C1=O. The van der Waals surface area contributed by atoms with Crippen LogP contribution >= 0.6 is 23.2 Å². The standard InChI is InChI=1S/C20H18Cl2N2O3/c1-2-8-24-19(25)17(23-20(24)26)11-14-9-15(21)18(16(22)10-14)27-12-13-6-4-3-5-7-13/h3-7,9-11H,2,8,12H2,1H3,(H,23,26)/b17-11+. The predicted octanol–water partition coefficient (Wildman–Crippen LogP) is 4.88. The van der Waals surface area contributed by atoms with Crippen molar-refractivity contribution in [3.8, 4) is 5.75 Å². The largest absolute Gasteiger partial charge is 0.486 e. The van der Waals surface area contributed by atoms with E-state index in [4.69, 9.17) is 27.9 Å². The first-order valence-electron chi connectivity index (χ1n) is 8.50. The minimum atomic E-state index is -0.423. The molecule has 5 nitrogen and oxygen atoms in total. The molecule has 1 aliphatic heterocycles. The molecule has 0 atom stereocenters.